The maximum absolute atomic E-state index is 11.7. The Kier molecular flexibility index (Phi) is 6.08. The van der Waals surface area contributed by atoms with E-state index in [1.807, 2.05) is 26.8 Å². The first-order valence-electron chi connectivity index (χ1n) is 8.95. The van der Waals surface area contributed by atoms with Gasteiger partial charge in [-0.15, -0.1) is 0 Å². The smallest absolute Gasteiger partial charge is 0.413 e. The van der Waals surface area contributed by atoms with E-state index in [0.29, 0.717) is 11.9 Å². The molecule has 1 atom stereocenters. The van der Waals surface area contributed by atoms with Crippen molar-refractivity contribution < 1.29 is 9.53 Å². The third-order valence-corrected chi connectivity index (χ3v) is 3.99. The fourth-order valence-electron chi connectivity index (χ4n) is 2.61. The molecule has 24 heavy (non-hydrogen) atoms. The van der Waals surface area contributed by atoms with E-state index in [1.54, 1.807) is 12.3 Å². The molecule has 1 heterocycles. The Morgan fingerprint density at radius 1 is 1.29 bits per heavy atom. The average Bonchev–Trinajstić information content (AvgIpc) is 3.27. The number of ether oxygens (including phenoxy) is 1. The predicted molar refractivity (Wildman–Crippen MR) is 98.3 cm³/mol. The lowest BCUT2D eigenvalue weighted by atomic mass is 10.00. The first-order chi connectivity index (χ1) is 11.2. The number of aromatic nitrogens is 1. The van der Waals surface area contributed by atoms with Crippen LogP contribution >= 0.6 is 0 Å². The fraction of sp³-hybridized carbons (Fsp3) is 0.684. The van der Waals surface area contributed by atoms with Crippen LogP contribution in [0.15, 0.2) is 18.3 Å². The van der Waals surface area contributed by atoms with Gasteiger partial charge in [0.2, 0.25) is 0 Å². The Balaban J connectivity index is 1.87. The number of nitrogens with zero attached hydrogens (tertiary/aromatic N) is 1. The Morgan fingerprint density at radius 3 is 2.50 bits per heavy atom. The van der Waals surface area contributed by atoms with Crippen LogP contribution < -0.4 is 10.6 Å². The molecule has 0 bridgehead atoms. The Labute approximate surface area is 145 Å². The Hall–Kier alpha value is -1.78. The molecule has 5 nitrogen and oxygen atoms in total. The standard InChI is InChI=1S/C19H31N3O2/c1-13(2)6-10-16(14-7-8-14)21-15-9-11-17(20-12-15)22-18(23)24-19(3,4)5/h9,11-14,16,21H,6-8,10H2,1-5H3,(H,20,22,23). The summed E-state index contributed by atoms with van der Waals surface area (Å²) in [4.78, 5) is 16.1. The van der Waals surface area contributed by atoms with E-state index in [0.717, 1.165) is 17.5 Å². The molecule has 1 amide bonds. The van der Waals surface area contributed by atoms with Crippen molar-refractivity contribution >= 4 is 17.6 Å². The lowest BCUT2D eigenvalue weighted by molar-refractivity contribution is 0.0635. The minimum atomic E-state index is -0.514. The minimum absolute atomic E-state index is 0.483. The molecule has 0 saturated heterocycles. The molecule has 1 fully saturated rings. The summed E-state index contributed by atoms with van der Waals surface area (Å²) in [6.45, 7) is 10.0. The van der Waals surface area contributed by atoms with Gasteiger partial charge in [0.05, 0.1) is 11.9 Å². The zero-order chi connectivity index (χ0) is 17.7. The molecular formula is C19H31N3O2. The van der Waals surface area contributed by atoms with Crippen LogP contribution in [0.1, 0.15) is 60.3 Å². The van der Waals surface area contributed by atoms with E-state index >= 15 is 0 Å². The third kappa shape index (κ3) is 6.77. The van der Waals surface area contributed by atoms with Crippen LogP contribution in [0.25, 0.3) is 0 Å². The predicted octanol–water partition coefficient (Wildman–Crippen LogP) is 5.06. The van der Waals surface area contributed by atoms with Gasteiger partial charge < -0.3 is 10.1 Å². The van der Waals surface area contributed by atoms with Gasteiger partial charge in [-0.3, -0.25) is 5.32 Å². The number of hydrogen-bond donors (Lipinski definition) is 2. The first-order valence-corrected chi connectivity index (χ1v) is 8.95. The average molecular weight is 333 g/mol. The molecule has 1 aliphatic carbocycles. The molecule has 5 heteroatoms. The summed E-state index contributed by atoms with van der Waals surface area (Å²) in [7, 11) is 0. The molecule has 1 aromatic rings. The molecule has 0 spiro atoms. The second kappa shape index (κ2) is 7.86. The van der Waals surface area contributed by atoms with Gasteiger partial charge in [0.15, 0.2) is 0 Å². The van der Waals surface area contributed by atoms with Crippen LogP contribution in [0.2, 0.25) is 0 Å². The summed E-state index contributed by atoms with van der Waals surface area (Å²) in [5.41, 5.74) is 0.491. The van der Waals surface area contributed by atoms with Crippen LogP contribution in [0.5, 0.6) is 0 Å². The number of rotatable bonds is 7. The summed E-state index contributed by atoms with van der Waals surface area (Å²) < 4.78 is 5.22. The lowest BCUT2D eigenvalue weighted by Crippen LogP contribution is -2.27. The highest BCUT2D eigenvalue weighted by molar-refractivity contribution is 5.83. The SMILES string of the molecule is CC(C)CCC(Nc1ccc(NC(=O)OC(C)(C)C)nc1)C1CC1. The number of anilines is 2. The molecule has 1 aliphatic rings. The monoisotopic (exact) mass is 333 g/mol. The minimum Gasteiger partial charge on any atom is -0.444 e. The van der Waals surface area contributed by atoms with E-state index in [1.165, 1.54) is 25.7 Å². The van der Waals surface area contributed by atoms with Crippen molar-refractivity contribution in [2.75, 3.05) is 10.6 Å². The molecule has 1 aromatic heterocycles. The molecule has 0 aliphatic heterocycles. The number of carbonyl (C=O) groups excluding carboxylic acids is 1. The van der Waals surface area contributed by atoms with Gasteiger partial charge in [0, 0.05) is 6.04 Å². The van der Waals surface area contributed by atoms with Crippen molar-refractivity contribution in [3.05, 3.63) is 18.3 Å². The van der Waals surface area contributed by atoms with E-state index in [2.05, 4.69) is 29.5 Å². The van der Waals surface area contributed by atoms with E-state index in [4.69, 9.17) is 4.74 Å². The number of nitrogens with one attached hydrogen (secondary N) is 2. The van der Waals surface area contributed by atoms with Gasteiger partial charge in [0.25, 0.3) is 0 Å². The highest BCUT2D eigenvalue weighted by Gasteiger charge is 2.30. The van der Waals surface area contributed by atoms with Gasteiger partial charge in [0.1, 0.15) is 11.4 Å². The van der Waals surface area contributed by atoms with Crippen molar-refractivity contribution in [1.29, 1.82) is 0 Å². The summed E-state index contributed by atoms with van der Waals surface area (Å²) in [5, 5.41) is 6.26. The highest BCUT2D eigenvalue weighted by atomic mass is 16.6. The van der Waals surface area contributed by atoms with Crippen molar-refractivity contribution in [1.82, 2.24) is 4.98 Å². The van der Waals surface area contributed by atoms with Crippen molar-refractivity contribution in [3.8, 4) is 0 Å². The zero-order valence-corrected chi connectivity index (χ0v) is 15.6. The van der Waals surface area contributed by atoms with Crippen molar-refractivity contribution in [2.24, 2.45) is 11.8 Å². The van der Waals surface area contributed by atoms with Crippen molar-refractivity contribution in [2.45, 2.75) is 71.9 Å². The first kappa shape index (κ1) is 18.6. The molecule has 0 radical (unpaired) electrons. The molecular weight excluding hydrogens is 302 g/mol. The Morgan fingerprint density at radius 2 is 2.00 bits per heavy atom. The third-order valence-electron chi connectivity index (χ3n) is 3.99. The van der Waals surface area contributed by atoms with Crippen LogP contribution in [0, 0.1) is 11.8 Å². The van der Waals surface area contributed by atoms with Crippen LogP contribution in [0.3, 0.4) is 0 Å². The zero-order valence-electron chi connectivity index (χ0n) is 15.6. The maximum atomic E-state index is 11.7. The summed E-state index contributed by atoms with van der Waals surface area (Å²) >= 11 is 0. The van der Waals surface area contributed by atoms with E-state index < -0.39 is 11.7 Å². The molecule has 2 N–H and O–H groups in total. The van der Waals surface area contributed by atoms with Crippen LogP contribution in [-0.4, -0.2) is 22.7 Å². The summed E-state index contributed by atoms with van der Waals surface area (Å²) in [5.74, 6) is 2.02. The molecule has 1 saturated carbocycles. The van der Waals surface area contributed by atoms with E-state index in [9.17, 15) is 4.79 Å². The van der Waals surface area contributed by atoms with E-state index in [-0.39, 0.29) is 0 Å². The van der Waals surface area contributed by atoms with Crippen LogP contribution in [-0.2, 0) is 4.74 Å². The normalized spacial score (nSPS) is 15.9. The number of amides is 1. The van der Waals surface area contributed by atoms with Gasteiger partial charge >= 0.3 is 6.09 Å². The summed E-state index contributed by atoms with van der Waals surface area (Å²) in [6.07, 6.45) is 6.36. The Bertz CT molecular complexity index is 531. The fourth-order valence-corrected chi connectivity index (χ4v) is 2.61. The molecule has 0 aromatic carbocycles. The van der Waals surface area contributed by atoms with Crippen LogP contribution in [0.4, 0.5) is 16.3 Å². The highest BCUT2D eigenvalue weighted by Crippen LogP contribution is 2.36. The second-order valence-electron chi connectivity index (χ2n) is 8.12. The van der Waals surface area contributed by atoms with Gasteiger partial charge in [-0.1, -0.05) is 13.8 Å². The number of pyridine rings is 1. The van der Waals surface area contributed by atoms with Gasteiger partial charge in [-0.05, 0) is 70.4 Å². The van der Waals surface area contributed by atoms with Gasteiger partial charge in [-0.25, -0.2) is 9.78 Å². The topological polar surface area (TPSA) is 63.2 Å². The quantitative estimate of drug-likeness (QED) is 0.732. The molecule has 134 valence electrons. The molecule has 2 rings (SSSR count). The number of hydrogen-bond acceptors (Lipinski definition) is 4. The largest absolute Gasteiger partial charge is 0.444 e. The second-order valence-corrected chi connectivity index (χ2v) is 8.12. The van der Waals surface area contributed by atoms with Crippen molar-refractivity contribution in [3.63, 3.8) is 0 Å². The summed E-state index contributed by atoms with van der Waals surface area (Å²) in [6, 6.07) is 4.29. The molecule has 1 unspecified atom stereocenters. The lowest BCUT2D eigenvalue weighted by Gasteiger charge is -2.21. The maximum Gasteiger partial charge on any atom is 0.413 e. The van der Waals surface area contributed by atoms with Gasteiger partial charge in [-0.2, -0.15) is 0 Å². The number of carbonyl (C=O) groups is 1.